The van der Waals surface area contributed by atoms with Crippen LogP contribution in [0, 0.1) is 0 Å². The Labute approximate surface area is 290 Å². The average molecular weight is 635 g/mol. The quantitative estimate of drug-likeness (QED) is 0.168. The summed E-state index contributed by atoms with van der Waals surface area (Å²) in [5, 5.41) is 2.55. The van der Waals surface area contributed by atoms with E-state index >= 15 is 0 Å². The predicted octanol–water partition coefficient (Wildman–Crippen LogP) is 9.58. The molecule has 0 unspecified atom stereocenters. The first-order chi connectivity index (χ1) is 24.8. The summed E-state index contributed by atoms with van der Waals surface area (Å²) in [6.07, 6.45) is 0. The summed E-state index contributed by atoms with van der Waals surface area (Å²) in [5.74, 6) is 3.52. The summed E-state index contributed by atoms with van der Waals surface area (Å²) in [4.78, 5) is 0. The largest absolute Gasteiger partial charge is 0.458 e. The molecule has 2 nitrogen and oxygen atoms in total. The number of rotatable bonds is 1. The second-order valence-corrected chi connectivity index (χ2v) is 13.9. The SMILES string of the molecule is c1ccc2c(c1)Oc1cc(-c3ccc4c(c3)C3(c5ccccc5-c5ccccc53)c3ccc5ccccc5c3-4)cc3c1B2c1ccccc1O3. The topological polar surface area (TPSA) is 18.5 Å². The fourth-order valence-electron chi connectivity index (χ4n) is 9.65. The normalized spacial score (nSPS) is 14.4. The monoisotopic (exact) mass is 634 g/mol. The Bertz CT molecular complexity index is 2680. The van der Waals surface area contributed by atoms with Crippen molar-refractivity contribution in [2.24, 2.45) is 0 Å². The smallest absolute Gasteiger partial charge is 0.260 e. The van der Waals surface area contributed by atoms with Crippen molar-refractivity contribution in [2.75, 3.05) is 0 Å². The van der Waals surface area contributed by atoms with Crippen LogP contribution in [0.5, 0.6) is 23.0 Å². The Morgan fingerprint density at radius 1 is 0.400 bits per heavy atom. The summed E-state index contributed by atoms with van der Waals surface area (Å²) < 4.78 is 13.4. The van der Waals surface area contributed by atoms with Crippen LogP contribution in [-0.4, -0.2) is 6.71 Å². The average Bonchev–Trinajstić information content (AvgIpc) is 3.65. The van der Waals surface area contributed by atoms with Crippen molar-refractivity contribution in [1.29, 1.82) is 0 Å². The number of hydrogen-bond acceptors (Lipinski definition) is 2. The number of benzene rings is 8. The van der Waals surface area contributed by atoms with Crippen LogP contribution in [0.1, 0.15) is 22.3 Å². The second kappa shape index (κ2) is 9.43. The van der Waals surface area contributed by atoms with E-state index in [0.717, 1.165) is 39.6 Å². The van der Waals surface area contributed by atoms with Gasteiger partial charge in [0.05, 0.1) is 5.41 Å². The van der Waals surface area contributed by atoms with E-state index in [9.17, 15) is 0 Å². The summed E-state index contributed by atoms with van der Waals surface area (Å²) >= 11 is 0. The molecule has 230 valence electrons. The predicted molar refractivity (Wildman–Crippen MR) is 203 cm³/mol. The highest BCUT2D eigenvalue weighted by atomic mass is 16.5. The molecule has 2 aliphatic heterocycles. The van der Waals surface area contributed by atoms with Crippen LogP contribution in [0.2, 0.25) is 0 Å². The van der Waals surface area contributed by atoms with E-state index in [0.29, 0.717) is 0 Å². The van der Waals surface area contributed by atoms with Crippen molar-refractivity contribution in [1.82, 2.24) is 0 Å². The van der Waals surface area contributed by atoms with Gasteiger partial charge in [-0.1, -0.05) is 133 Å². The molecule has 0 aromatic heterocycles. The summed E-state index contributed by atoms with van der Waals surface area (Å²) in [6, 6.07) is 59.9. The number of ether oxygens (including phenoxy) is 2. The maximum Gasteiger partial charge on any atom is 0.260 e. The Morgan fingerprint density at radius 3 is 1.70 bits per heavy atom. The van der Waals surface area contributed by atoms with Gasteiger partial charge in [0.2, 0.25) is 0 Å². The summed E-state index contributed by atoms with van der Waals surface area (Å²) in [5.41, 5.74) is 15.8. The molecule has 50 heavy (non-hydrogen) atoms. The summed E-state index contributed by atoms with van der Waals surface area (Å²) in [6.45, 7) is 0.0570. The standard InChI is InChI=1S/C47H27BO2/c1-2-12-31-28(11-1)22-24-37-45(31)34-23-21-29(25-38(34)47(37)35-15-5-3-13-32(35)33-14-4-6-16-36(33)47)30-26-43-46-44(27-30)50-42-20-10-8-18-40(42)48(46)39-17-7-9-19-41(39)49-43/h1-27H. The van der Waals surface area contributed by atoms with Gasteiger partial charge in [-0.05, 0) is 108 Å². The maximum absolute atomic E-state index is 6.70. The molecule has 0 fully saturated rings. The zero-order chi connectivity index (χ0) is 32.6. The van der Waals surface area contributed by atoms with Gasteiger partial charge in [0.25, 0.3) is 6.71 Å². The molecular weight excluding hydrogens is 607 g/mol. The van der Waals surface area contributed by atoms with Crippen molar-refractivity contribution < 1.29 is 9.47 Å². The molecular formula is C47H27BO2. The van der Waals surface area contributed by atoms with Gasteiger partial charge in [0.15, 0.2) is 0 Å². The van der Waals surface area contributed by atoms with E-state index in [1.54, 1.807) is 0 Å². The Hall–Kier alpha value is -6.32. The summed E-state index contributed by atoms with van der Waals surface area (Å²) in [7, 11) is 0. The molecule has 0 amide bonds. The van der Waals surface area contributed by atoms with E-state index < -0.39 is 5.41 Å². The third-order valence-corrected chi connectivity index (χ3v) is 11.6. The van der Waals surface area contributed by atoms with Gasteiger partial charge >= 0.3 is 0 Å². The number of fused-ring (bicyclic) bond motifs is 16. The lowest BCUT2D eigenvalue weighted by molar-refractivity contribution is 0.465. The van der Waals surface area contributed by atoms with Gasteiger partial charge in [-0.2, -0.15) is 0 Å². The van der Waals surface area contributed by atoms with Crippen LogP contribution in [0.25, 0.3) is 44.2 Å². The molecule has 0 bridgehead atoms. The fraction of sp³-hybridized carbons (Fsp3) is 0.0213. The molecule has 12 rings (SSSR count). The minimum atomic E-state index is -0.434. The highest BCUT2D eigenvalue weighted by Crippen LogP contribution is 2.64. The zero-order valence-corrected chi connectivity index (χ0v) is 27.0. The van der Waals surface area contributed by atoms with Crippen molar-refractivity contribution >= 4 is 33.9 Å². The molecule has 3 heteroatoms. The third-order valence-electron chi connectivity index (χ3n) is 11.6. The Morgan fingerprint density at radius 2 is 1.00 bits per heavy atom. The minimum Gasteiger partial charge on any atom is -0.458 e. The van der Waals surface area contributed by atoms with Gasteiger partial charge in [-0.25, -0.2) is 0 Å². The molecule has 0 N–H and O–H groups in total. The Balaban J connectivity index is 1.13. The molecule has 8 aromatic rings. The zero-order valence-electron chi connectivity index (χ0n) is 27.0. The first-order valence-electron chi connectivity index (χ1n) is 17.4. The lowest BCUT2D eigenvalue weighted by atomic mass is 9.35. The van der Waals surface area contributed by atoms with Gasteiger partial charge in [0, 0.05) is 5.46 Å². The number of hydrogen-bond donors (Lipinski definition) is 0. The van der Waals surface area contributed by atoms with Crippen molar-refractivity contribution in [3.63, 3.8) is 0 Å². The van der Waals surface area contributed by atoms with Crippen molar-refractivity contribution in [3.05, 3.63) is 186 Å². The number of para-hydroxylation sites is 2. The van der Waals surface area contributed by atoms with Gasteiger partial charge in [-0.3, -0.25) is 0 Å². The van der Waals surface area contributed by atoms with Crippen LogP contribution < -0.4 is 25.9 Å². The molecule has 0 saturated heterocycles. The van der Waals surface area contributed by atoms with E-state index in [-0.39, 0.29) is 6.71 Å². The van der Waals surface area contributed by atoms with Gasteiger partial charge < -0.3 is 9.47 Å². The van der Waals surface area contributed by atoms with Gasteiger partial charge in [-0.15, -0.1) is 0 Å². The highest BCUT2D eigenvalue weighted by molar-refractivity contribution is 6.98. The first-order valence-corrected chi connectivity index (χ1v) is 17.4. The second-order valence-electron chi connectivity index (χ2n) is 13.9. The minimum absolute atomic E-state index is 0.0570. The van der Waals surface area contributed by atoms with Gasteiger partial charge in [0.1, 0.15) is 23.0 Å². The maximum atomic E-state index is 6.70. The highest BCUT2D eigenvalue weighted by Gasteiger charge is 2.52. The van der Waals surface area contributed by atoms with E-state index in [2.05, 4.69) is 164 Å². The lowest BCUT2D eigenvalue weighted by Crippen LogP contribution is -2.57. The molecule has 2 aliphatic carbocycles. The molecule has 2 heterocycles. The fourth-order valence-corrected chi connectivity index (χ4v) is 9.65. The lowest BCUT2D eigenvalue weighted by Gasteiger charge is -2.33. The van der Waals surface area contributed by atoms with Crippen molar-refractivity contribution in [2.45, 2.75) is 5.41 Å². The van der Waals surface area contributed by atoms with Crippen LogP contribution in [-0.2, 0) is 5.41 Å². The Kier molecular flexibility index (Phi) is 5.02. The van der Waals surface area contributed by atoms with E-state index in [4.69, 9.17) is 9.47 Å². The van der Waals surface area contributed by atoms with Crippen LogP contribution in [0.15, 0.2) is 164 Å². The van der Waals surface area contributed by atoms with Crippen molar-refractivity contribution in [3.8, 4) is 56.4 Å². The van der Waals surface area contributed by atoms with E-state index in [1.165, 1.54) is 66.2 Å². The van der Waals surface area contributed by atoms with Crippen LogP contribution >= 0.6 is 0 Å². The third kappa shape index (κ3) is 3.21. The first kappa shape index (κ1) is 26.6. The molecule has 0 saturated carbocycles. The van der Waals surface area contributed by atoms with Crippen LogP contribution in [0.3, 0.4) is 0 Å². The molecule has 4 aliphatic rings. The molecule has 0 radical (unpaired) electrons. The van der Waals surface area contributed by atoms with Crippen LogP contribution in [0.4, 0.5) is 0 Å². The molecule has 8 aromatic carbocycles. The molecule has 1 spiro atoms. The molecule has 0 atom stereocenters. The van der Waals surface area contributed by atoms with E-state index in [1.807, 2.05) is 0 Å².